The Labute approximate surface area is 173 Å². The summed E-state index contributed by atoms with van der Waals surface area (Å²) in [6, 6.07) is 14.9. The Morgan fingerprint density at radius 3 is 2.41 bits per heavy atom. The number of carbonyl (C=O) groups excluding carboxylic acids is 1. The Bertz CT molecular complexity index is 954. The van der Waals surface area contributed by atoms with Crippen LogP contribution in [-0.4, -0.2) is 44.3 Å². The molecule has 2 aromatic carbocycles. The number of sulfonamides is 1. The van der Waals surface area contributed by atoms with E-state index in [1.165, 1.54) is 9.87 Å². The van der Waals surface area contributed by atoms with Crippen LogP contribution in [0.4, 0.5) is 11.4 Å². The molecule has 1 aliphatic heterocycles. The van der Waals surface area contributed by atoms with Gasteiger partial charge in [0, 0.05) is 30.5 Å². The Hall–Kier alpha value is -2.38. The molecule has 3 rings (SSSR count). The van der Waals surface area contributed by atoms with Crippen LogP contribution in [0.3, 0.4) is 0 Å². The average molecular weight is 416 g/mol. The highest BCUT2D eigenvalue weighted by atomic mass is 32.2. The first-order valence-corrected chi connectivity index (χ1v) is 11.6. The fraction of sp³-hybridized carbons (Fsp3) is 0.409. The zero-order valence-corrected chi connectivity index (χ0v) is 18.1. The van der Waals surface area contributed by atoms with E-state index in [0.29, 0.717) is 18.8 Å². The SMILES string of the molecule is CCN(CC)S(=O)(=O)c1ccc(NC(=O)CN2c3ccccc3CC[C@@H]2C)cc1. The van der Waals surface area contributed by atoms with Crippen molar-refractivity contribution in [3.63, 3.8) is 0 Å². The van der Waals surface area contributed by atoms with Crippen molar-refractivity contribution in [2.24, 2.45) is 0 Å². The van der Waals surface area contributed by atoms with Gasteiger partial charge in [-0.1, -0.05) is 32.0 Å². The van der Waals surface area contributed by atoms with Gasteiger partial charge in [-0.05, 0) is 55.7 Å². The van der Waals surface area contributed by atoms with Crippen LogP contribution in [0.15, 0.2) is 53.4 Å². The second kappa shape index (κ2) is 8.97. The van der Waals surface area contributed by atoms with E-state index in [0.717, 1.165) is 18.5 Å². The van der Waals surface area contributed by atoms with Crippen LogP contribution in [0.2, 0.25) is 0 Å². The van der Waals surface area contributed by atoms with Crippen LogP contribution < -0.4 is 10.2 Å². The molecular formula is C22H29N3O3S. The molecule has 0 unspecified atom stereocenters. The number of carbonyl (C=O) groups is 1. The third-order valence-electron chi connectivity index (χ3n) is 5.46. The number of para-hydroxylation sites is 1. The van der Waals surface area contributed by atoms with Crippen LogP contribution in [0, 0.1) is 0 Å². The molecule has 0 bridgehead atoms. The molecule has 1 heterocycles. The summed E-state index contributed by atoms with van der Waals surface area (Å²) in [5.41, 5.74) is 2.97. The zero-order valence-electron chi connectivity index (χ0n) is 17.3. The van der Waals surface area contributed by atoms with E-state index >= 15 is 0 Å². The van der Waals surface area contributed by atoms with Crippen molar-refractivity contribution in [3.05, 3.63) is 54.1 Å². The first kappa shape index (κ1) is 21.3. The lowest BCUT2D eigenvalue weighted by atomic mass is 9.96. The van der Waals surface area contributed by atoms with Crippen molar-refractivity contribution >= 4 is 27.3 Å². The highest BCUT2D eigenvalue weighted by molar-refractivity contribution is 7.89. The summed E-state index contributed by atoms with van der Waals surface area (Å²) in [4.78, 5) is 15.0. The van der Waals surface area contributed by atoms with Gasteiger partial charge in [-0.15, -0.1) is 0 Å². The third-order valence-corrected chi connectivity index (χ3v) is 7.52. The van der Waals surface area contributed by atoms with Crippen molar-refractivity contribution < 1.29 is 13.2 Å². The molecule has 0 aromatic heterocycles. The number of hydrogen-bond donors (Lipinski definition) is 1. The molecular weight excluding hydrogens is 386 g/mol. The first-order valence-electron chi connectivity index (χ1n) is 10.1. The van der Waals surface area contributed by atoms with Crippen LogP contribution in [0.5, 0.6) is 0 Å². The molecule has 7 heteroatoms. The maximum Gasteiger partial charge on any atom is 0.243 e. The van der Waals surface area contributed by atoms with Crippen molar-refractivity contribution in [2.75, 3.05) is 29.9 Å². The summed E-state index contributed by atoms with van der Waals surface area (Å²) < 4.78 is 26.6. The van der Waals surface area contributed by atoms with Gasteiger partial charge in [0.2, 0.25) is 15.9 Å². The summed E-state index contributed by atoms with van der Waals surface area (Å²) in [6.45, 7) is 6.87. The molecule has 0 fully saturated rings. The molecule has 1 N–H and O–H groups in total. The van der Waals surface area contributed by atoms with E-state index in [9.17, 15) is 13.2 Å². The summed E-state index contributed by atoms with van der Waals surface area (Å²) in [5, 5.41) is 2.89. The summed E-state index contributed by atoms with van der Waals surface area (Å²) in [5.74, 6) is -0.118. The second-order valence-electron chi connectivity index (χ2n) is 7.31. The summed E-state index contributed by atoms with van der Waals surface area (Å²) in [7, 11) is -3.50. The van der Waals surface area contributed by atoms with E-state index in [1.54, 1.807) is 24.3 Å². The summed E-state index contributed by atoms with van der Waals surface area (Å²) in [6.07, 6.45) is 2.04. The quantitative estimate of drug-likeness (QED) is 0.751. The van der Waals surface area contributed by atoms with E-state index in [4.69, 9.17) is 0 Å². The van der Waals surface area contributed by atoms with Crippen LogP contribution in [-0.2, 0) is 21.2 Å². The molecule has 1 amide bonds. The number of rotatable bonds is 7. The van der Waals surface area contributed by atoms with Crippen molar-refractivity contribution in [1.82, 2.24) is 4.31 Å². The molecule has 0 radical (unpaired) electrons. The van der Waals surface area contributed by atoms with Crippen LogP contribution >= 0.6 is 0 Å². The van der Waals surface area contributed by atoms with Gasteiger partial charge in [-0.25, -0.2) is 8.42 Å². The molecule has 156 valence electrons. The number of amides is 1. The number of anilines is 2. The normalized spacial score (nSPS) is 16.6. The maximum atomic E-state index is 12.6. The van der Waals surface area contributed by atoms with Gasteiger partial charge in [0.15, 0.2) is 0 Å². The van der Waals surface area contributed by atoms with Gasteiger partial charge in [-0.3, -0.25) is 4.79 Å². The predicted octanol–water partition coefficient (Wildman–Crippen LogP) is 3.50. The highest BCUT2D eigenvalue weighted by Gasteiger charge is 2.25. The Balaban J connectivity index is 1.69. The fourth-order valence-corrected chi connectivity index (χ4v) is 5.24. The molecule has 1 aliphatic rings. The minimum Gasteiger partial charge on any atom is -0.359 e. The number of hydrogen-bond acceptors (Lipinski definition) is 4. The van der Waals surface area contributed by atoms with Gasteiger partial charge in [0.1, 0.15) is 0 Å². The molecule has 29 heavy (non-hydrogen) atoms. The Kier molecular flexibility index (Phi) is 6.59. The lowest BCUT2D eigenvalue weighted by molar-refractivity contribution is -0.115. The number of benzene rings is 2. The predicted molar refractivity (Wildman–Crippen MR) is 117 cm³/mol. The summed E-state index contributed by atoms with van der Waals surface area (Å²) >= 11 is 0. The van der Waals surface area contributed by atoms with E-state index in [1.807, 2.05) is 26.0 Å². The van der Waals surface area contributed by atoms with E-state index < -0.39 is 10.0 Å². The monoisotopic (exact) mass is 415 g/mol. The van der Waals surface area contributed by atoms with Crippen molar-refractivity contribution in [3.8, 4) is 0 Å². The first-order chi connectivity index (χ1) is 13.9. The molecule has 2 aromatic rings. The van der Waals surface area contributed by atoms with Crippen molar-refractivity contribution in [1.29, 1.82) is 0 Å². The number of nitrogens with zero attached hydrogens (tertiary/aromatic N) is 2. The third kappa shape index (κ3) is 4.62. The molecule has 0 aliphatic carbocycles. The average Bonchev–Trinajstić information content (AvgIpc) is 2.71. The van der Waals surface area contributed by atoms with Gasteiger partial charge in [0.05, 0.1) is 11.4 Å². The van der Waals surface area contributed by atoms with E-state index in [2.05, 4.69) is 29.3 Å². The molecule has 0 saturated carbocycles. The number of nitrogens with one attached hydrogen (secondary N) is 1. The minimum atomic E-state index is -3.50. The number of aryl methyl sites for hydroxylation is 1. The smallest absolute Gasteiger partial charge is 0.243 e. The largest absolute Gasteiger partial charge is 0.359 e. The van der Waals surface area contributed by atoms with E-state index in [-0.39, 0.29) is 23.4 Å². The topological polar surface area (TPSA) is 69.7 Å². The Morgan fingerprint density at radius 1 is 1.10 bits per heavy atom. The lowest BCUT2D eigenvalue weighted by Crippen LogP contribution is -2.42. The molecule has 1 atom stereocenters. The lowest BCUT2D eigenvalue weighted by Gasteiger charge is -2.36. The fourth-order valence-electron chi connectivity index (χ4n) is 3.78. The molecule has 6 nitrogen and oxygen atoms in total. The standard InChI is InChI=1S/C22H29N3O3S/c1-4-24(5-2)29(27,28)20-14-12-19(13-15-20)23-22(26)16-25-17(3)10-11-18-8-6-7-9-21(18)25/h6-9,12-15,17H,4-5,10-11,16H2,1-3H3,(H,23,26)/t17-/m0/s1. The van der Waals surface area contributed by atoms with Gasteiger partial charge in [-0.2, -0.15) is 4.31 Å². The molecule has 0 spiro atoms. The highest BCUT2D eigenvalue weighted by Crippen LogP contribution is 2.30. The van der Waals surface area contributed by atoms with Crippen LogP contribution in [0.1, 0.15) is 32.8 Å². The number of fused-ring (bicyclic) bond motifs is 1. The molecule has 0 saturated heterocycles. The minimum absolute atomic E-state index is 0.118. The van der Waals surface area contributed by atoms with Gasteiger partial charge < -0.3 is 10.2 Å². The van der Waals surface area contributed by atoms with Crippen molar-refractivity contribution in [2.45, 2.75) is 44.6 Å². The van der Waals surface area contributed by atoms with Gasteiger partial charge >= 0.3 is 0 Å². The van der Waals surface area contributed by atoms with Crippen LogP contribution in [0.25, 0.3) is 0 Å². The Morgan fingerprint density at radius 2 is 1.76 bits per heavy atom. The zero-order chi connectivity index (χ0) is 21.0. The second-order valence-corrected chi connectivity index (χ2v) is 9.24. The van der Waals surface area contributed by atoms with Gasteiger partial charge in [0.25, 0.3) is 0 Å². The maximum absolute atomic E-state index is 12.6.